The fraction of sp³-hybridized carbons (Fsp3) is 0. The van der Waals surface area contributed by atoms with Gasteiger partial charge in [-0.3, -0.25) is 0 Å². The first-order chi connectivity index (χ1) is 21.8. The number of fused-ring (bicyclic) bond motifs is 9. The van der Waals surface area contributed by atoms with Crippen LogP contribution in [-0.4, -0.2) is 19.4 Å². The Morgan fingerprint density at radius 1 is 0.500 bits per heavy atom. The maximum Gasteiger partial charge on any atom is 0.182 e. The number of benzene rings is 6. The molecule has 0 saturated heterocycles. The van der Waals surface area contributed by atoms with E-state index >= 15 is 0 Å². The van der Waals surface area contributed by atoms with Crippen molar-refractivity contribution < 1.29 is 4.42 Å². The second kappa shape index (κ2) is 8.72. The molecule has 0 aliphatic rings. The Bertz CT molecular complexity index is 2720. The summed E-state index contributed by atoms with van der Waals surface area (Å²) in [5, 5.41) is 5.58. The molecule has 204 valence electrons. The molecule has 6 aromatic carbocycles. The second-order valence-corrected chi connectivity index (χ2v) is 11.3. The molecule has 4 heterocycles. The first-order valence-corrected chi connectivity index (χ1v) is 14.7. The highest BCUT2D eigenvalue weighted by atomic mass is 16.3. The van der Waals surface area contributed by atoms with Gasteiger partial charge in [0, 0.05) is 32.7 Å². The molecule has 44 heavy (non-hydrogen) atoms. The Balaban J connectivity index is 1.24. The van der Waals surface area contributed by atoms with E-state index in [1.807, 2.05) is 18.2 Å². The lowest BCUT2D eigenvalue weighted by Gasteiger charge is -2.11. The van der Waals surface area contributed by atoms with E-state index in [9.17, 15) is 0 Å². The van der Waals surface area contributed by atoms with Crippen molar-refractivity contribution in [2.75, 3.05) is 0 Å². The van der Waals surface area contributed by atoms with Crippen molar-refractivity contribution in [2.24, 2.45) is 0 Å². The fourth-order valence-corrected chi connectivity index (χ4v) is 6.92. The zero-order valence-corrected chi connectivity index (χ0v) is 23.4. The third kappa shape index (κ3) is 3.21. The van der Waals surface area contributed by atoms with Crippen LogP contribution >= 0.6 is 0 Å². The van der Waals surface area contributed by atoms with Crippen LogP contribution in [0.15, 0.2) is 138 Å². The van der Waals surface area contributed by atoms with Gasteiger partial charge < -0.3 is 8.82 Å². The zero-order chi connectivity index (χ0) is 28.8. The van der Waals surface area contributed by atoms with Gasteiger partial charge in [0.1, 0.15) is 5.52 Å². The van der Waals surface area contributed by atoms with Crippen molar-refractivity contribution >= 4 is 60.1 Å². The highest BCUT2D eigenvalue weighted by molar-refractivity contribution is 6.30. The number of nitrogens with zero attached hydrogens (tertiary/aromatic N) is 4. The molecule has 5 nitrogen and oxygen atoms in total. The minimum Gasteiger partial charge on any atom is -0.443 e. The first-order valence-electron chi connectivity index (χ1n) is 14.7. The average molecular weight is 563 g/mol. The predicted octanol–water partition coefficient (Wildman–Crippen LogP) is 9.92. The summed E-state index contributed by atoms with van der Waals surface area (Å²) in [6.45, 7) is 0. The maximum atomic E-state index is 6.01. The topological polar surface area (TPSA) is 56.2 Å². The molecule has 0 bridgehead atoms. The molecule has 5 heteroatoms. The first kappa shape index (κ1) is 23.5. The van der Waals surface area contributed by atoms with Crippen LogP contribution < -0.4 is 0 Å². The van der Waals surface area contributed by atoms with Crippen LogP contribution in [0.1, 0.15) is 0 Å². The van der Waals surface area contributed by atoms with Crippen LogP contribution in [0.2, 0.25) is 0 Å². The molecule has 4 aromatic heterocycles. The molecule has 10 rings (SSSR count). The van der Waals surface area contributed by atoms with Crippen molar-refractivity contribution in [3.05, 3.63) is 134 Å². The minimum absolute atomic E-state index is 0.689. The Labute approximate surface area is 251 Å². The summed E-state index contributed by atoms with van der Waals surface area (Å²) in [5.41, 5.74) is 11.3. The Kier molecular flexibility index (Phi) is 4.66. The summed E-state index contributed by atoms with van der Waals surface area (Å²) in [7, 11) is 0. The van der Waals surface area contributed by atoms with Crippen LogP contribution in [0, 0.1) is 0 Å². The third-order valence-electron chi connectivity index (χ3n) is 8.87. The molecule has 10 aromatic rings. The molecular formula is C39H22N4O. The van der Waals surface area contributed by atoms with Gasteiger partial charge in [0.2, 0.25) is 0 Å². The van der Waals surface area contributed by atoms with Crippen LogP contribution in [0.3, 0.4) is 0 Å². The van der Waals surface area contributed by atoms with Gasteiger partial charge in [0.05, 0.1) is 33.1 Å². The predicted molar refractivity (Wildman–Crippen MR) is 178 cm³/mol. The summed E-state index contributed by atoms with van der Waals surface area (Å²) in [6.07, 6.45) is 1.54. The molecule has 0 fully saturated rings. The van der Waals surface area contributed by atoms with Gasteiger partial charge >= 0.3 is 0 Å². The molecule has 0 aliphatic carbocycles. The quantitative estimate of drug-likeness (QED) is 0.215. The molecule has 0 amide bonds. The lowest BCUT2D eigenvalue weighted by molar-refractivity contribution is 0.605. The van der Waals surface area contributed by atoms with Crippen LogP contribution in [0.4, 0.5) is 0 Å². The lowest BCUT2D eigenvalue weighted by Crippen LogP contribution is -1.95. The number of oxazole rings is 1. The molecule has 0 spiro atoms. The van der Waals surface area contributed by atoms with Crippen molar-refractivity contribution in [1.29, 1.82) is 0 Å². The Hall–Kier alpha value is -6.07. The highest BCUT2D eigenvalue weighted by Gasteiger charge is 2.22. The summed E-state index contributed by atoms with van der Waals surface area (Å²) < 4.78 is 8.36. The molecular weight excluding hydrogens is 540 g/mol. The van der Waals surface area contributed by atoms with E-state index in [1.54, 1.807) is 0 Å². The van der Waals surface area contributed by atoms with Crippen molar-refractivity contribution in [3.63, 3.8) is 0 Å². The molecule has 0 atom stereocenters. The van der Waals surface area contributed by atoms with E-state index in [-0.39, 0.29) is 0 Å². The molecule has 0 N–H and O–H groups in total. The van der Waals surface area contributed by atoms with E-state index in [1.165, 1.54) is 28.2 Å². The van der Waals surface area contributed by atoms with Crippen LogP contribution in [0.25, 0.3) is 93.9 Å². The second-order valence-electron chi connectivity index (χ2n) is 11.3. The van der Waals surface area contributed by atoms with Crippen molar-refractivity contribution in [3.8, 4) is 33.8 Å². The van der Waals surface area contributed by atoms with Gasteiger partial charge in [-0.2, -0.15) is 0 Å². The largest absolute Gasteiger partial charge is 0.443 e. The summed E-state index contributed by atoms with van der Waals surface area (Å²) in [4.78, 5) is 14.9. The molecule has 0 radical (unpaired) electrons. The van der Waals surface area contributed by atoms with Gasteiger partial charge in [0.15, 0.2) is 17.8 Å². The van der Waals surface area contributed by atoms with Crippen molar-refractivity contribution in [2.45, 2.75) is 0 Å². The van der Waals surface area contributed by atoms with Gasteiger partial charge in [-0.05, 0) is 53.6 Å². The number of aromatic nitrogens is 4. The van der Waals surface area contributed by atoms with E-state index < -0.39 is 0 Å². The van der Waals surface area contributed by atoms with Crippen LogP contribution in [0.5, 0.6) is 0 Å². The maximum absolute atomic E-state index is 6.01. The molecule has 0 saturated carbocycles. The number of hydrogen-bond donors (Lipinski definition) is 0. The lowest BCUT2D eigenvalue weighted by atomic mass is 9.99. The van der Waals surface area contributed by atoms with E-state index in [0.717, 1.165) is 66.2 Å². The van der Waals surface area contributed by atoms with Crippen molar-refractivity contribution in [1.82, 2.24) is 19.4 Å². The number of rotatable bonds is 3. The average Bonchev–Trinajstić information content (AvgIpc) is 3.79. The number of para-hydroxylation sites is 2. The fourth-order valence-electron chi connectivity index (χ4n) is 6.92. The number of hydrogen-bond acceptors (Lipinski definition) is 4. The molecule has 0 aliphatic heterocycles. The van der Waals surface area contributed by atoms with Gasteiger partial charge in [0.25, 0.3) is 0 Å². The van der Waals surface area contributed by atoms with Gasteiger partial charge in [-0.15, -0.1) is 0 Å². The minimum atomic E-state index is 0.689. The van der Waals surface area contributed by atoms with E-state index in [2.05, 4.69) is 119 Å². The smallest absolute Gasteiger partial charge is 0.182 e. The Morgan fingerprint density at radius 3 is 2.20 bits per heavy atom. The zero-order valence-electron chi connectivity index (χ0n) is 23.4. The summed E-state index contributed by atoms with van der Waals surface area (Å²) >= 11 is 0. The normalized spacial score (nSPS) is 12.1. The SMILES string of the molecule is c1ccc(-c2cccc(-c3nc(-c4ccc5c(c4)c4c6ocnc6cc6c7ccccc7n5c64)nc4ccccc34)c2)cc1. The summed E-state index contributed by atoms with van der Waals surface area (Å²) in [6, 6.07) is 44.5. The molecule has 0 unspecified atom stereocenters. The Morgan fingerprint density at radius 2 is 1.27 bits per heavy atom. The summed E-state index contributed by atoms with van der Waals surface area (Å²) in [5.74, 6) is 0.689. The third-order valence-corrected chi connectivity index (χ3v) is 8.87. The van der Waals surface area contributed by atoms with Gasteiger partial charge in [-0.1, -0.05) is 84.9 Å². The van der Waals surface area contributed by atoms with E-state index in [4.69, 9.17) is 14.4 Å². The monoisotopic (exact) mass is 562 g/mol. The standard InChI is InChI=1S/C39H22N4O/c1-2-9-23(10-3-1)24-11-8-12-25(19-24)36-28-14-4-6-15-31(28)41-39(42-36)26-17-18-34-30(20-26)35-37-29(21-32-38(35)44-22-40-32)27-13-5-7-16-33(27)43(34)37/h1-22H. The van der Waals surface area contributed by atoms with Gasteiger partial charge in [-0.25, -0.2) is 15.0 Å². The highest BCUT2D eigenvalue weighted by Crippen LogP contribution is 2.43. The van der Waals surface area contributed by atoms with Crippen LogP contribution in [-0.2, 0) is 0 Å². The van der Waals surface area contributed by atoms with E-state index in [0.29, 0.717) is 5.82 Å².